The predicted molar refractivity (Wildman–Crippen MR) is 79.4 cm³/mol. The van der Waals surface area contributed by atoms with Crippen molar-refractivity contribution < 1.29 is 4.74 Å². The van der Waals surface area contributed by atoms with E-state index in [9.17, 15) is 0 Å². The molecule has 3 heterocycles. The number of anilines is 1. The fourth-order valence-corrected chi connectivity index (χ4v) is 3.53. The first kappa shape index (κ1) is 13.1. The highest BCUT2D eigenvalue weighted by Crippen LogP contribution is 2.31. The molecular formula is C13H16ClN3OS. The minimum atomic E-state index is 0.0650. The van der Waals surface area contributed by atoms with Crippen molar-refractivity contribution in [2.24, 2.45) is 0 Å². The van der Waals surface area contributed by atoms with E-state index in [0.29, 0.717) is 5.88 Å². The van der Waals surface area contributed by atoms with E-state index in [0.717, 1.165) is 29.1 Å². The van der Waals surface area contributed by atoms with E-state index >= 15 is 0 Å². The van der Waals surface area contributed by atoms with Gasteiger partial charge >= 0.3 is 0 Å². The van der Waals surface area contributed by atoms with E-state index in [1.165, 1.54) is 4.88 Å². The Morgan fingerprint density at radius 3 is 3.11 bits per heavy atom. The predicted octanol–water partition coefficient (Wildman–Crippen LogP) is 2.83. The highest BCUT2D eigenvalue weighted by atomic mass is 35.5. The molecule has 102 valence electrons. The number of nitrogens with zero attached hydrogens (tertiary/aromatic N) is 3. The first-order valence-corrected chi connectivity index (χ1v) is 7.70. The summed E-state index contributed by atoms with van der Waals surface area (Å²) in [6.07, 6.45) is 1.88. The second-order valence-corrected chi connectivity index (χ2v) is 6.44. The Labute approximate surface area is 121 Å². The number of aromatic nitrogens is 2. The number of morpholine rings is 1. The Kier molecular flexibility index (Phi) is 3.60. The number of halogens is 1. The van der Waals surface area contributed by atoms with Crippen molar-refractivity contribution >= 4 is 39.0 Å². The number of hydrogen-bond donors (Lipinski definition) is 0. The Morgan fingerprint density at radius 1 is 1.47 bits per heavy atom. The number of hydrogen-bond acceptors (Lipinski definition) is 5. The average Bonchev–Trinajstić information content (AvgIpc) is 2.77. The molecule has 2 atom stereocenters. The smallest absolute Gasteiger partial charge is 0.140 e. The molecule has 0 saturated carbocycles. The average molecular weight is 298 g/mol. The minimum Gasteiger partial charge on any atom is -0.370 e. The van der Waals surface area contributed by atoms with Crippen molar-refractivity contribution in [3.05, 3.63) is 17.3 Å². The molecular weight excluding hydrogens is 282 g/mol. The Hall–Kier alpha value is -0.910. The normalized spacial score (nSPS) is 24.1. The quantitative estimate of drug-likeness (QED) is 0.799. The van der Waals surface area contributed by atoms with Gasteiger partial charge in [-0.05, 0) is 19.9 Å². The van der Waals surface area contributed by atoms with Crippen molar-refractivity contribution in [2.75, 3.05) is 23.9 Å². The van der Waals surface area contributed by atoms with Crippen molar-refractivity contribution in [3.8, 4) is 0 Å². The molecule has 2 aromatic heterocycles. The van der Waals surface area contributed by atoms with Gasteiger partial charge < -0.3 is 9.64 Å². The molecule has 0 amide bonds. The summed E-state index contributed by atoms with van der Waals surface area (Å²) in [6, 6.07) is 2.16. The van der Waals surface area contributed by atoms with Gasteiger partial charge in [0.2, 0.25) is 0 Å². The maximum Gasteiger partial charge on any atom is 0.140 e. The highest BCUT2D eigenvalue weighted by Gasteiger charge is 2.26. The molecule has 4 nitrogen and oxygen atoms in total. The lowest BCUT2D eigenvalue weighted by Gasteiger charge is -2.36. The molecule has 6 heteroatoms. The number of ether oxygens (including phenoxy) is 1. The molecule has 2 aromatic rings. The van der Waals surface area contributed by atoms with Crippen LogP contribution in [0.2, 0.25) is 0 Å². The van der Waals surface area contributed by atoms with Gasteiger partial charge in [0, 0.05) is 18.0 Å². The zero-order chi connectivity index (χ0) is 13.4. The van der Waals surface area contributed by atoms with Crippen LogP contribution in [0.25, 0.3) is 10.2 Å². The molecule has 0 aliphatic carbocycles. The molecule has 1 aliphatic rings. The fourth-order valence-electron chi connectivity index (χ4n) is 2.52. The maximum absolute atomic E-state index is 5.94. The van der Waals surface area contributed by atoms with Gasteiger partial charge in [0.15, 0.2) is 0 Å². The summed E-state index contributed by atoms with van der Waals surface area (Å²) in [5, 5.41) is 1.13. The van der Waals surface area contributed by atoms with Crippen LogP contribution in [0.1, 0.15) is 11.8 Å². The Bertz CT molecular complexity index is 588. The number of thiophene rings is 1. The lowest BCUT2D eigenvalue weighted by molar-refractivity contribution is -0.00348. The van der Waals surface area contributed by atoms with E-state index in [4.69, 9.17) is 16.3 Å². The molecule has 0 spiro atoms. The SMILES string of the molecule is Cc1cc2c(N3CC(C)OC(CCl)C3)ncnc2s1. The number of aryl methyl sites for hydroxylation is 1. The lowest BCUT2D eigenvalue weighted by atomic mass is 10.2. The number of rotatable bonds is 2. The van der Waals surface area contributed by atoms with Crippen LogP contribution in [-0.2, 0) is 4.74 Å². The highest BCUT2D eigenvalue weighted by molar-refractivity contribution is 7.18. The van der Waals surface area contributed by atoms with Crippen LogP contribution in [0.5, 0.6) is 0 Å². The van der Waals surface area contributed by atoms with E-state index in [1.807, 2.05) is 0 Å². The topological polar surface area (TPSA) is 38.2 Å². The molecule has 0 bridgehead atoms. The number of alkyl halides is 1. The molecule has 19 heavy (non-hydrogen) atoms. The first-order chi connectivity index (χ1) is 9.17. The maximum atomic E-state index is 5.94. The summed E-state index contributed by atoms with van der Waals surface area (Å²) in [4.78, 5) is 13.4. The van der Waals surface area contributed by atoms with Crippen LogP contribution in [0, 0.1) is 6.92 Å². The van der Waals surface area contributed by atoms with Crippen molar-refractivity contribution in [1.82, 2.24) is 9.97 Å². The number of fused-ring (bicyclic) bond motifs is 1. The van der Waals surface area contributed by atoms with E-state index in [1.54, 1.807) is 17.7 Å². The zero-order valence-electron chi connectivity index (χ0n) is 11.0. The first-order valence-electron chi connectivity index (χ1n) is 6.35. The van der Waals surface area contributed by atoms with Crippen molar-refractivity contribution in [2.45, 2.75) is 26.1 Å². The van der Waals surface area contributed by atoms with Gasteiger partial charge in [-0.25, -0.2) is 9.97 Å². The molecule has 0 N–H and O–H groups in total. The summed E-state index contributed by atoms with van der Waals surface area (Å²) in [5.41, 5.74) is 0. The Balaban J connectivity index is 1.98. The minimum absolute atomic E-state index is 0.0650. The summed E-state index contributed by atoms with van der Waals surface area (Å²) in [7, 11) is 0. The van der Waals surface area contributed by atoms with Gasteiger partial charge in [-0.15, -0.1) is 22.9 Å². The monoisotopic (exact) mass is 297 g/mol. The van der Waals surface area contributed by atoms with E-state index in [2.05, 4.69) is 34.8 Å². The summed E-state index contributed by atoms with van der Waals surface area (Å²) in [6.45, 7) is 5.80. The second-order valence-electron chi connectivity index (χ2n) is 4.90. The van der Waals surface area contributed by atoms with Crippen LogP contribution in [0.15, 0.2) is 12.4 Å². The largest absolute Gasteiger partial charge is 0.370 e. The standard InChI is InChI=1S/C13H16ClN3OS/c1-8-5-17(6-10(4-14)18-8)12-11-3-9(2)19-13(11)16-7-15-12/h3,7-8,10H,4-6H2,1-2H3. The summed E-state index contributed by atoms with van der Waals surface area (Å²) >= 11 is 7.64. The van der Waals surface area contributed by atoms with E-state index < -0.39 is 0 Å². The van der Waals surface area contributed by atoms with Crippen LogP contribution in [0.4, 0.5) is 5.82 Å². The third kappa shape index (κ3) is 2.55. The van der Waals surface area contributed by atoms with Gasteiger partial charge in [0.25, 0.3) is 0 Å². The Morgan fingerprint density at radius 2 is 2.32 bits per heavy atom. The van der Waals surface area contributed by atoms with Crippen molar-refractivity contribution in [3.63, 3.8) is 0 Å². The second kappa shape index (κ2) is 5.23. The summed E-state index contributed by atoms with van der Waals surface area (Å²) in [5.74, 6) is 1.51. The van der Waals surface area contributed by atoms with Crippen molar-refractivity contribution in [1.29, 1.82) is 0 Å². The molecule has 0 aromatic carbocycles. The summed E-state index contributed by atoms with van der Waals surface area (Å²) < 4.78 is 5.79. The van der Waals surface area contributed by atoms with Gasteiger partial charge in [0.1, 0.15) is 17.0 Å². The van der Waals surface area contributed by atoms with Crippen LogP contribution < -0.4 is 4.90 Å². The van der Waals surface area contributed by atoms with Crippen LogP contribution >= 0.6 is 22.9 Å². The molecule has 1 saturated heterocycles. The third-order valence-corrected chi connectivity index (χ3v) is 4.53. The van der Waals surface area contributed by atoms with Crippen LogP contribution in [0.3, 0.4) is 0 Å². The van der Waals surface area contributed by atoms with Gasteiger partial charge in [0.05, 0.1) is 23.5 Å². The fraction of sp³-hybridized carbons (Fsp3) is 0.538. The van der Waals surface area contributed by atoms with E-state index in [-0.39, 0.29) is 12.2 Å². The molecule has 3 rings (SSSR count). The molecule has 1 fully saturated rings. The van der Waals surface area contributed by atoms with Gasteiger partial charge in [-0.1, -0.05) is 0 Å². The van der Waals surface area contributed by atoms with Gasteiger partial charge in [-0.3, -0.25) is 0 Å². The van der Waals surface area contributed by atoms with Gasteiger partial charge in [-0.2, -0.15) is 0 Å². The molecule has 1 aliphatic heterocycles. The van der Waals surface area contributed by atoms with Crippen LogP contribution in [-0.4, -0.2) is 41.1 Å². The third-order valence-electron chi connectivity index (χ3n) is 3.23. The zero-order valence-corrected chi connectivity index (χ0v) is 12.5. The lowest BCUT2D eigenvalue weighted by Crippen LogP contribution is -2.47. The molecule has 2 unspecified atom stereocenters. The molecule has 0 radical (unpaired) electrons.